The highest BCUT2D eigenvalue weighted by molar-refractivity contribution is 5.94. The summed E-state index contributed by atoms with van der Waals surface area (Å²) in [5.41, 5.74) is 1.59. The summed E-state index contributed by atoms with van der Waals surface area (Å²) in [6.45, 7) is 1.69. The van der Waals surface area contributed by atoms with Crippen molar-refractivity contribution in [1.29, 1.82) is 0 Å². The van der Waals surface area contributed by atoms with Crippen LogP contribution in [0.2, 0.25) is 0 Å². The zero-order valence-electron chi connectivity index (χ0n) is 11.7. The lowest BCUT2D eigenvalue weighted by atomic mass is 10.2. The van der Waals surface area contributed by atoms with Crippen molar-refractivity contribution in [2.75, 3.05) is 13.2 Å². The number of benzene rings is 2. The predicted octanol–water partition coefficient (Wildman–Crippen LogP) is 3.16. The van der Waals surface area contributed by atoms with Gasteiger partial charge in [-0.1, -0.05) is 30.3 Å². The van der Waals surface area contributed by atoms with Crippen molar-refractivity contribution < 1.29 is 13.9 Å². The summed E-state index contributed by atoms with van der Waals surface area (Å²) in [5, 5.41) is 2.78. The molecule has 2 aromatic rings. The number of hydrogen-bond acceptors (Lipinski definition) is 2. The van der Waals surface area contributed by atoms with Crippen LogP contribution in [-0.4, -0.2) is 19.1 Å². The van der Waals surface area contributed by atoms with Crippen LogP contribution in [0.15, 0.2) is 54.6 Å². The highest BCUT2D eigenvalue weighted by Gasteiger charge is 2.04. The van der Waals surface area contributed by atoms with E-state index in [0.29, 0.717) is 25.3 Å². The lowest BCUT2D eigenvalue weighted by molar-refractivity contribution is 0.0934. The molecule has 110 valence electrons. The molecule has 3 nitrogen and oxygen atoms in total. The zero-order valence-corrected chi connectivity index (χ0v) is 11.7. The van der Waals surface area contributed by atoms with Crippen molar-refractivity contribution in [1.82, 2.24) is 5.32 Å². The number of halogens is 1. The van der Waals surface area contributed by atoms with Gasteiger partial charge in [0.05, 0.1) is 6.61 Å². The van der Waals surface area contributed by atoms with Gasteiger partial charge in [-0.05, 0) is 36.2 Å². The van der Waals surface area contributed by atoms with Gasteiger partial charge in [-0.3, -0.25) is 4.79 Å². The second kappa shape index (κ2) is 8.17. The highest BCUT2D eigenvalue weighted by Crippen LogP contribution is 2.03. The fourth-order valence-corrected chi connectivity index (χ4v) is 1.84. The molecule has 0 bridgehead atoms. The first-order valence-corrected chi connectivity index (χ1v) is 6.91. The van der Waals surface area contributed by atoms with Gasteiger partial charge >= 0.3 is 0 Å². The molecule has 0 aromatic heterocycles. The van der Waals surface area contributed by atoms with E-state index in [1.54, 1.807) is 0 Å². The standard InChI is InChI=1S/C17H18FNO2/c18-16-9-7-15(8-10-16)17(20)19-11-4-12-21-13-14-5-2-1-3-6-14/h1-3,5-10H,4,11-13H2,(H,19,20). The molecule has 2 rings (SSSR count). The Balaban J connectivity index is 1.59. The summed E-state index contributed by atoms with van der Waals surface area (Å²) >= 11 is 0. The number of amides is 1. The first-order chi connectivity index (χ1) is 10.3. The van der Waals surface area contributed by atoms with E-state index >= 15 is 0 Å². The topological polar surface area (TPSA) is 38.3 Å². The first kappa shape index (κ1) is 15.2. The molecule has 0 aliphatic heterocycles. The normalized spacial score (nSPS) is 10.3. The fourth-order valence-electron chi connectivity index (χ4n) is 1.84. The van der Waals surface area contributed by atoms with Crippen LogP contribution in [0.1, 0.15) is 22.3 Å². The van der Waals surface area contributed by atoms with Gasteiger partial charge in [0.15, 0.2) is 0 Å². The maximum absolute atomic E-state index is 12.7. The monoisotopic (exact) mass is 287 g/mol. The molecule has 21 heavy (non-hydrogen) atoms. The van der Waals surface area contributed by atoms with E-state index in [1.807, 2.05) is 30.3 Å². The van der Waals surface area contributed by atoms with Crippen LogP contribution in [-0.2, 0) is 11.3 Å². The van der Waals surface area contributed by atoms with Crippen LogP contribution in [0, 0.1) is 5.82 Å². The first-order valence-electron chi connectivity index (χ1n) is 6.91. The molecule has 0 fully saturated rings. The Labute approximate surface area is 123 Å². The third-order valence-corrected chi connectivity index (χ3v) is 2.97. The molecule has 0 aliphatic rings. The maximum Gasteiger partial charge on any atom is 0.251 e. The number of ether oxygens (including phenoxy) is 1. The van der Waals surface area contributed by atoms with Crippen molar-refractivity contribution >= 4 is 5.91 Å². The van der Waals surface area contributed by atoms with Crippen LogP contribution in [0.4, 0.5) is 4.39 Å². The Kier molecular flexibility index (Phi) is 5.91. The van der Waals surface area contributed by atoms with E-state index in [2.05, 4.69) is 5.32 Å². The van der Waals surface area contributed by atoms with Gasteiger partial charge in [-0.2, -0.15) is 0 Å². The molecule has 2 aromatic carbocycles. The second-order valence-electron chi connectivity index (χ2n) is 4.65. The Morgan fingerprint density at radius 3 is 2.48 bits per heavy atom. The van der Waals surface area contributed by atoms with Gasteiger partial charge in [0.1, 0.15) is 5.82 Å². The van der Waals surface area contributed by atoms with Crippen LogP contribution in [0.3, 0.4) is 0 Å². The molecule has 0 saturated heterocycles. The molecule has 0 heterocycles. The summed E-state index contributed by atoms with van der Waals surface area (Å²) in [5.74, 6) is -0.543. The largest absolute Gasteiger partial charge is 0.377 e. The molecule has 0 radical (unpaired) electrons. The number of carbonyl (C=O) groups is 1. The predicted molar refractivity (Wildman–Crippen MR) is 79.4 cm³/mol. The quantitative estimate of drug-likeness (QED) is 0.794. The summed E-state index contributed by atoms with van der Waals surface area (Å²) in [6.07, 6.45) is 0.736. The third kappa shape index (κ3) is 5.36. The lowest BCUT2D eigenvalue weighted by Gasteiger charge is -2.06. The van der Waals surface area contributed by atoms with Crippen LogP contribution >= 0.6 is 0 Å². The number of hydrogen-bond donors (Lipinski definition) is 1. The fraction of sp³-hybridized carbons (Fsp3) is 0.235. The minimum Gasteiger partial charge on any atom is -0.377 e. The Bertz CT molecular complexity index is 555. The lowest BCUT2D eigenvalue weighted by Crippen LogP contribution is -2.25. The molecule has 0 atom stereocenters. The molecule has 0 saturated carbocycles. The molecule has 0 unspecified atom stereocenters. The van der Waals surface area contributed by atoms with Crippen molar-refractivity contribution in [3.8, 4) is 0 Å². The van der Waals surface area contributed by atoms with Crippen molar-refractivity contribution in [3.05, 3.63) is 71.5 Å². The van der Waals surface area contributed by atoms with Gasteiger partial charge < -0.3 is 10.1 Å². The van der Waals surface area contributed by atoms with Gasteiger partial charge in [0.25, 0.3) is 5.91 Å². The van der Waals surface area contributed by atoms with Gasteiger partial charge in [0.2, 0.25) is 0 Å². The number of nitrogens with one attached hydrogen (secondary N) is 1. The number of rotatable bonds is 7. The van der Waals surface area contributed by atoms with Crippen LogP contribution < -0.4 is 5.32 Å². The summed E-state index contributed by atoms with van der Waals surface area (Å²) in [4.78, 5) is 11.7. The van der Waals surface area contributed by atoms with Crippen molar-refractivity contribution in [2.45, 2.75) is 13.0 Å². The SMILES string of the molecule is O=C(NCCCOCc1ccccc1)c1ccc(F)cc1. The third-order valence-electron chi connectivity index (χ3n) is 2.97. The van der Waals surface area contributed by atoms with Crippen molar-refractivity contribution in [2.24, 2.45) is 0 Å². The summed E-state index contributed by atoms with van der Waals surface area (Å²) in [7, 11) is 0. The molecular formula is C17H18FNO2. The average Bonchev–Trinajstić information content (AvgIpc) is 2.52. The summed E-state index contributed by atoms with van der Waals surface area (Å²) in [6, 6.07) is 15.4. The maximum atomic E-state index is 12.7. The van der Waals surface area contributed by atoms with Crippen molar-refractivity contribution in [3.63, 3.8) is 0 Å². The second-order valence-corrected chi connectivity index (χ2v) is 4.65. The molecule has 4 heteroatoms. The Hall–Kier alpha value is -2.20. The van der Waals surface area contributed by atoms with Crippen LogP contribution in [0.25, 0.3) is 0 Å². The average molecular weight is 287 g/mol. The van der Waals surface area contributed by atoms with E-state index in [9.17, 15) is 9.18 Å². The molecule has 0 spiro atoms. The zero-order chi connectivity index (χ0) is 14.9. The number of carbonyl (C=O) groups excluding carboxylic acids is 1. The minimum atomic E-state index is -0.346. The summed E-state index contributed by atoms with van der Waals surface area (Å²) < 4.78 is 18.3. The molecular weight excluding hydrogens is 269 g/mol. The van der Waals surface area contributed by atoms with Gasteiger partial charge in [-0.15, -0.1) is 0 Å². The van der Waals surface area contributed by atoms with E-state index in [4.69, 9.17) is 4.74 Å². The van der Waals surface area contributed by atoms with E-state index < -0.39 is 0 Å². The highest BCUT2D eigenvalue weighted by atomic mass is 19.1. The molecule has 1 amide bonds. The molecule has 1 N–H and O–H groups in total. The molecule has 0 aliphatic carbocycles. The Morgan fingerprint density at radius 2 is 1.76 bits per heavy atom. The van der Waals surface area contributed by atoms with Gasteiger partial charge in [-0.25, -0.2) is 4.39 Å². The van der Waals surface area contributed by atoms with E-state index in [0.717, 1.165) is 12.0 Å². The van der Waals surface area contributed by atoms with Gasteiger partial charge in [0, 0.05) is 18.7 Å². The smallest absolute Gasteiger partial charge is 0.251 e. The Morgan fingerprint density at radius 1 is 1.05 bits per heavy atom. The van der Waals surface area contributed by atoms with E-state index in [-0.39, 0.29) is 11.7 Å². The minimum absolute atomic E-state index is 0.196. The van der Waals surface area contributed by atoms with E-state index in [1.165, 1.54) is 24.3 Å². The van der Waals surface area contributed by atoms with Crippen LogP contribution in [0.5, 0.6) is 0 Å².